The van der Waals surface area contributed by atoms with Crippen molar-refractivity contribution >= 4 is 5.97 Å². The molecule has 0 spiro atoms. The molecule has 0 aromatic heterocycles. The van der Waals surface area contributed by atoms with E-state index in [0.717, 1.165) is 5.92 Å². The van der Waals surface area contributed by atoms with Gasteiger partial charge in [0.25, 0.3) is 0 Å². The third-order valence-corrected chi connectivity index (χ3v) is 3.70. The lowest BCUT2D eigenvalue weighted by molar-refractivity contribution is -0.144. The summed E-state index contributed by atoms with van der Waals surface area (Å²) in [4.78, 5) is 11.7. The van der Waals surface area contributed by atoms with Crippen molar-refractivity contribution in [3.05, 3.63) is 0 Å². The molecular weight excluding hydrogens is 202 g/mol. The topological polar surface area (TPSA) is 38.3 Å². The third kappa shape index (κ3) is 3.21. The van der Waals surface area contributed by atoms with E-state index < -0.39 is 0 Å². The Labute approximate surface area is 98.9 Å². The number of methoxy groups -OCH3 is 1. The fourth-order valence-corrected chi connectivity index (χ4v) is 2.64. The number of hydrogen-bond donors (Lipinski definition) is 1. The van der Waals surface area contributed by atoms with Gasteiger partial charge in [0, 0.05) is 6.04 Å². The second kappa shape index (κ2) is 6.24. The first-order valence-corrected chi connectivity index (χ1v) is 6.44. The van der Waals surface area contributed by atoms with E-state index in [1.165, 1.54) is 32.8 Å². The van der Waals surface area contributed by atoms with Gasteiger partial charge >= 0.3 is 5.97 Å². The van der Waals surface area contributed by atoms with Crippen molar-refractivity contribution in [2.24, 2.45) is 11.8 Å². The molecule has 3 heteroatoms. The molecule has 0 aliphatic heterocycles. The summed E-state index contributed by atoms with van der Waals surface area (Å²) < 4.78 is 4.85. The maximum absolute atomic E-state index is 11.7. The molecule has 16 heavy (non-hydrogen) atoms. The predicted octanol–water partition coefficient (Wildman–Crippen LogP) is 2.35. The zero-order chi connectivity index (χ0) is 12.1. The Balaban J connectivity index is 2.57. The Kier molecular flexibility index (Phi) is 5.26. The Morgan fingerprint density at radius 1 is 1.44 bits per heavy atom. The number of ether oxygens (including phenoxy) is 1. The largest absolute Gasteiger partial charge is 0.468 e. The molecule has 1 N–H and O–H groups in total. The van der Waals surface area contributed by atoms with Crippen LogP contribution in [0, 0.1) is 11.8 Å². The fourth-order valence-electron chi connectivity index (χ4n) is 2.64. The molecule has 3 atom stereocenters. The van der Waals surface area contributed by atoms with Crippen LogP contribution in [0.2, 0.25) is 0 Å². The van der Waals surface area contributed by atoms with Gasteiger partial charge in [-0.15, -0.1) is 0 Å². The van der Waals surface area contributed by atoms with Gasteiger partial charge < -0.3 is 10.1 Å². The van der Waals surface area contributed by atoms with E-state index in [2.05, 4.69) is 26.1 Å². The number of carbonyl (C=O) groups is 1. The van der Waals surface area contributed by atoms with Crippen molar-refractivity contribution in [3.8, 4) is 0 Å². The monoisotopic (exact) mass is 227 g/mol. The van der Waals surface area contributed by atoms with Crippen LogP contribution < -0.4 is 5.32 Å². The van der Waals surface area contributed by atoms with Crippen molar-refractivity contribution in [1.82, 2.24) is 5.32 Å². The van der Waals surface area contributed by atoms with Crippen molar-refractivity contribution in [2.45, 2.75) is 58.5 Å². The number of nitrogens with one attached hydrogen (secondary N) is 1. The average Bonchev–Trinajstić information content (AvgIpc) is 2.71. The number of esters is 1. The summed E-state index contributed by atoms with van der Waals surface area (Å²) in [5.74, 6) is 0.883. The van der Waals surface area contributed by atoms with Crippen LogP contribution in [-0.2, 0) is 9.53 Å². The maximum Gasteiger partial charge on any atom is 0.323 e. The molecule has 0 amide bonds. The van der Waals surface area contributed by atoms with Gasteiger partial charge in [0.05, 0.1) is 7.11 Å². The first-order valence-electron chi connectivity index (χ1n) is 6.44. The predicted molar refractivity (Wildman–Crippen MR) is 65.2 cm³/mol. The van der Waals surface area contributed by atoms with Crippen molar-refractivity contribution in [2.75, 3.05) is 7.11 Å². The summed E-state index contributed by atoms with van der Waals surface area (Å²) in [6, 6.07) is 0.346. The minimum atomic E-state index is -0.151. The third-order valence-electron chi connectivity index (χ3n) is 3.70. The van der Waals surface area contributed by atoms with E-state index in [9.17, 15) is 4.79 Å². The van der Waals surface area contributed by atoms with Crippen LogP contribution in [-0.4, -0.2) is 25.2 Å². The fraction of sp³-hybridized carbons (Fsp3) is 0.923. The standard InChI is InChI=1S/C13H25NO2/c1-5-10-7-6-8-11(10)14-12(9(2)3)13(15)16-4/h9-12,14H,5-8H2,1-4H3/t10?,11?,12-/m0/s1. The summed E-state index contributed by atoms with van der Waals surface area (Å²) >= 11 is 0. The maximum atomic E-state index is 11.7. The summed E-state index contributed by atoms with van der Waals surface area (Å²) in [6.07, 6.45) is 4.96. The van der Waals surface area contributed by atoms with E-state index in [-0.39, 0.29) is 17.9 Å². The summed E-state index contributed by atoms with van der Waals surface area (Å²) in [6.45, 7) is 6.35. The SMILES string of the molecule is CCC1CCCC1N[C@H](C(=O)OC)C(C)C. The van der Waals surface area contributed by atoms with Gasteiger partial charge in [-0.25, -0.2) is 0 Å². The normalized spacial score (nSPS) is 27.1. The summed E-state index contributed by atoms with van der Waals surface area (Å²) in [7, 11) is 1.46. The number of carbonyl (C=O) groups excluding carboxylic acids is 1. The highest BCUT2D eigenvalue weighted by Crippen LogP contribution is 2.29. The Morgan fingerprint density at radius 2 is 2.12 bits per heavy atom. The van der Waals surface area contributed by atoms with Crippen LogP contribution in [0.4, 0.5) is 0 Å². The Morgan fingerprint density at radius 3 is 2.62 bits per heavy atom. The Hall–Kier alpha value is -0.570. The van der Waals surface area contributed by atoms with Crippen LogP contribution in [0.25, 0.3) is 0 Å². The molecule has 1 aliphatic carbocycles. The minimum absolute atomic E-state index is 0.128. The highest BCUT2D eigenvalue weighted by atomic mass is 16.5. The van der Waals surface area contributed by atoms with Crippen LogP contribution in [0.1, 0.15) is 46.5 Å². The molecule has 0 radical (unpaired) electrons. The molecule has 2 unspecified atom stereocenters. The van der Waals surface area contributed by atoms with Gasteiger partial charge in [0.2, 0.25) is 0 Å². The van der Waals surface area contributed by atoms with Gasteiger partial charge in [-0.3, -0.25) is 4.79 Å². The summed E-state index contributed by atoms with van der Waals surface area (Å²) in [5.41, 5.74) is 0. The van der Waals surface area contributed by atoms with E-state index in [1.807, 2.05) is 0 Å². The second-order valence-corrected chi connectivity index (χ2v) is 5.12. The quantitative estimate of drug-likeness (QED) is 0.733. The first-order chi connectivity index (χ1) is 7.60. The van der Waals surface area contributed by atoms with Crippen LogP contribution in [0.15, 0.2) is 0 Å². The average molecular weight is 227 g/mol. The Bertz CT molecular complexity index is 228. The van der Waals surface area contributed by atoms with Crippen LogP contribution in [0.3, 0.4) is 0 Å². The molecule has 0 heterocycles. The van der Waals surface area contributed by atoms with Gasteiger partial charge in [0.1, 0.15) is 6.04 Å². The molecule has 0 bridgehead atoms. The molecule has 0 aromatic rings. The van der Waals surface area contributed by atoms with E-state index in [0.29, 0.717) is 6.04 Å². The molecule has 1 aliphatic rings. The molecular formula is C13H25NO2. The molecule has 1 fully saturated rings. The smallest absolute Gasteiger partial charge is 0.323 e. The lowest BCUT2D eigenvalue weighted by Gasteiger charge is -2.27. The zero-order valence-electron chi connectivity index (χ0n) is 11.0. The molecule has 0 saturated heterocycles. The molecule has 0 aromatic carbocycles. The van der Waals surface area contributed by atoms with Crippen LogP contribution in [0.5, 0.6) is 0 Å². The van der Waals surface area contributed by atoms with E-state index >= 15 is 0 Å². The molecule has 94 valence electrons. The lowest BCUT2D eigenvalue weighted by Crippen LogP contribution is -2.48. The lowest BCUT2D eigenvalue weighted by atomic mass is 9.97. The van der Waals surface area contributed by atoms with Crippen molar-refractivity contribution < 1.29 is 9.53 Å². The van der Waals surface area contributed by atoms with Gasteiger partial charge in [-0.05, 0) is 24.7 Å². The highest BCUT2D eigenvalue weighted by Gasteiger charge is 2.31. The van der Waals surface area contributed by atoms with E-state index in [1.54, 1.807) is 0 Å². The molecule has 3 nitrogen and oxygen atoms in total. The first kappa shape index (κ1) is 13.5. The molecule has 1 rings (SSSR count). The summed E-state index contributed by atoms with van der Waals surface area (Å²) in [5, 5.41) is 3.49. The van der Waals surface area contributed by atoms with Gasteiger partial charge in [-0.1, -0.05) is 33.6 Å². The van der Waals surface area contributed by atoms with Gasteiger partial charge in [0.15, 0.2) is 0 Å². The number of hydrogen-bond acceptors (Lipinski definition) is 3. The van der Waals surface area contributed by atoms with Gasteiger partial charge in [-0.2, -0.15) is 0 Å². The van der Waals surface area contributed by atoms with E-state index in [4.69, 9.17) is 4.74 Å². The minimum Gasteiger partial charge on any atom is -0.468 e. The molecule has 1 saturated carbocycles. The second-order valence-electron chi connectivity index (χ2n) is 5.12. The number of rotatable bonds is 5. The van der Waals surface area contributed by atoms with Crippen LogP contribution >= 0.6 is 0 Å². The van der Waals surface area contributed by atoms with Crippen molar-refractivity contribution in [3.63, 3.8) is 0 Å². The van der Waals surface area contributed by atoms with Crippen molar-refractivity contribution in [1.29, 1.82) is 0 Å². The highest BCUT2D eigenvalue weighted by molar-refractivity contribution is 5.76. The zero-order valence-corrected chi connectivity index (χ0v) is 11.0.